The van der Waals surface area contributed by atoms with Gasteiger partial charge in [0.25, 0.3) is 5.22 Å². The largest absolute Gasteiger partial charge is 0.415 e. The smallest absolute Gasteiger partial charge is 0.277 e. The van der Waals surface area contributed by atoms with E-state index in [0.717, 1.165) is 36.5 Å². The average Bonchev–Trinajstić information content (AvgIpc) is 3.15. The van der Waals surface area contributed by atoms with Gasteiger partial charge < -0.3 is 15.1 Å². The number of piperidine rings is 1. The van der Waals surface area contributed by atoms with Crippen LogP contribution in [-0.2, 0) is 15.0 Å². The molecule has 1 aromatic rings. The number of aromatic nitrogens is 2. The zero-order valence-electron chi connectivity index (χ0n) is 16.1. The third-order valence-corrected chi connectivity index (χ3v) is 8.17. The van der Waals surface area contributed by atoms with Crippen LogP contribution >= 0.6 is 11.8 Å². The summed E-state index contributed by atoms with van der Waals surface area (Å²) < 4.78 is 6.06. The summed E-state index contributed by atoms with van der Waals surface area (Å²) in [7, 11) is 0. The summed E-state index contributed by atoms with van der Waals surface area (Å²) in [5.41, 5.74) is 5.55. The summed E-state index contributed by atoms with van der Waals surface area (Å²) in [4.78, 5) is 25.9. The lowest BCUT2D eigenvalue weighted by molar-refractivity contribution is -0.138. The molecule has 0 unspecified atom stereocenters. The fraction of sp³-hybridized carbons (Fsp3) is 0.800. The van der Waals surface area contributed by atoms with Gasteiger partial charge in [-0.2, -0.15) is 0 Å². The quantitative estimate of drug-likeness (QED) is 0.757. The summed E-state index contributed by atoms with van der Waals surface area (Å²) in [6.07, 6.45) is 10.2. The molecule has 1 aromatic heterocycles. The molecular formula is C20H28N4O3S. The van der Waals surface area contributed by atoms with E-state index in [9.17, 15) is 9.59 Å². The van der Waals surface area contributed by atoms with Gasteiger partial charge in [0.05, 0.1) is 5.75 Å². The Morgan fingerprint density at radius 1 is 1.11 bits per heavy atom. The molecule has 4 aliphatic carbocycles. The Hall–Kier alpha value is -1.57. The lowest BCUT2D eigenvalue weighted by Crippen LogP contribution is -2.51. The van der Waals surface area contributed by atoms with Gasteiger partial charge in [0, 0.05) is 12.0 Å². The zero-order chi connectivity index (χ0) is 19.3. The molecule has 6 rings (SSSR count). The monoisotopic (exact) mass is 404 g/mol. The number of carbonyl (C=O) groups excluding carboxylic acids is 2. The summed E-state index contributed by atoms with van der Waals surface area (Å²) in [5, 5.41) is 9.10. The topological polar surface area (TPSA) is 102 Å². The molecule has 0 aromatic carbocycles. The summed E-state index contributed by atoms with van der Waals surface area (Å²) >= 11 is 1.28. The van der Waals surface area contributed by atoms with Gasteiger partial charge in [0.15, 0.2) is 0 Å². The molecule has 4 bridgehead atoms. The Labute approximate surface area is 169 Å². The number of rotatable bonds is 5. The number of amides is 2. The predicted octanol–water partition coefficient (Wildman–Crippen LogP) is 2.50. The van der Waals surface area contributed by atoms with Gasteiger partial charge in [-0.3, -0.25) is 9.59 Å². The molecule has 1 saturated heterocycles. The highest BCUT2D eigenvalue weighted by atomic mass is 32.2. The van der Waals surface area contributed by atoms with Crippen LogP contribution in [0.3, 0.4) is 0 Å². The highest BCUT2D eigenvalue weighted by molar-refractivity contribution is 7.99. The van der Waals surface area contributed by atoms with Crippen molar-refractivity contribution in [3.05, 3.63) is 5.89 Å². The van der Waals surface area contributed by atoms with Gasteiger partial charge in [-0.05, 0) is 75.5 Å². The van der Waals surface area contributed by atoms with Crippen LogP contribution in [0, 0.1) is 17.8 Å². The van der Waals surface area contributed by atoms with Crippen molar-refractivity contribution in [3.63, 3.8) is 0 Å². The summed E-state index contributed by atoms with van der Waals surface area (Å²) in [6.45, 7) is 0.593. The minimum absolute atomic E-state index is 0.0779. The first kappa shape index (κ1) is 18.5. The van der Waals surface area contributed by atoms with E-state index in [1.54, 1.807) is 4.90 Å². The van der Waals surface area contributed by atoms with E-state index in [0.29, 0.717) is 18.2 Å². The summed E-state index contributed by atoms with van der Waals surface area (Å²) in [5.74, 6) is 2.95. The van der Waals surface area contributed by atoms with Crippen LogP contribution in [0.2, 0.25) is 0 Å². The molecule has 2 heterocycles. The number of hydrogen-bond acceptors (Lipinski definition) is 6. The van der Waals surface area contributed by atoms with E-state index < -0.39 is 11.9 Å². The van der Waals surface area contributed by atoms with Crippen LogP contribution in [0.25, 0.3) is 0 Å². The van der Waals surface area contributed by atoms with Gasteiger partial charge in [0.1, 0.15) is 6.04 Å². The first-order chi connectivity index (χ1) is 13.5. The van der Waals surface area contributed by atoms with Crippen LogP contribution in [0.5, 0.6) is 0 Å². The molecule has 28 heavy (non-hydrogen) atoms. The van der Waals surface area contributed by atoms with Crippen molar-refractivity contribution in [3.8, 4) is 0 Å². The lowest BCUT2D eigenvalue weighted by Gasteiger charge is -2.55. The Bertz CT molecular complexity index is 744. The molecule has 0 spiro atoms. The molecular weight excluding hydrogens is 376 g/mol. The van der Waals surface area contributed by atoms with Crippen LogP contribution < -0.4 is 5.73 Å². The SMILES string of the molecule is NC(=O)[C@@H]1CCCCN1C(=O)CSc1nnc(C23CC4CC(CC(C4)C2)C3)o1. The Morgan fingerprint density at radius 3 is 2.43 bits per heavy atom. The fourth-order valence-corrected chi connectivity index (χ4v) is 7.24. The van der Waals surface area contributed by atoms with E-state index in [1.807, 2.05) is 0 Å². The maximum Gasteiger partial charge on any atom is 0.277 e. The second kappa shape index (κ2) is 7.04. The second-order valence-corrected chi connectivity index (χ2v) is 10.3. The third-order valence-electron chi connectivity index (χ3n) is 7.37. The number of hydrogen-bond donors (Lipinski definition) is 1. The zero-order valence-corrected chi connectivity index (χ0v) is 17.0. The van der Waals surface area contributed by atoms with E-state index >= 15 is 0 Å². The molecule has 2 N–H and O–H groups in total. The summed E-state index contributed by atoms with van der Waals surface area (Å²) in [6, 6.07) is -0.480. The molecule has 2 amide bonds. The molecule has 0 radical (unpaired) electrons. The third kappa shape index (κ3) is 3.23. The number of carbonyl (C=O) groups is 2. The van der Waals surface area contributed by atoms with Crippen molar-refractivity contribution in [2.45, 2.75) is 74.5 Å². The van der Waals surface area contributed by atoms with Crippen molar-refractivity contribution >= 4 is 23.6 Å². The molecule has 1 aliphatic heterocycles. The van der Waals surface area contributed by atoms with Crippen molar-refractivity contribution < 1.29 is 14.0 Å². The van der Waals surface area contributed by atoms with Gasteiger partial charge >= 0.3 is 0 Å². The van der Waals surface area contributed by atoms with Gasteiger partial charge in [-0.1, -0.05) is 11.8 Å². The molecule has 5 aliphatic rings. The van der Waals surface area contributed by atoms with Crippen molar-refractivity contribution in [2.24, 2.45) is 23.5 Å². The number of nitrogens with two attached hydrogens (primary N) is 1. The highest BCUT2D eigenvalue weighted by Crippen LogP contribution is 2.60. The first-order valence-electron chi connectivity index (χ1n) is 10.6. The standard InChI is InChI=1S/C20H28N4O3S/c21-17(26)15-3-1-2-4-24(15)16(25)11-28-19-23-22-18(27-19)20-8-12-5-13(9-20)7-14(6-12)10-20/h12-15H,1-11H2,(H2,21,26)/t12?,13?,14?,15-,20?/m0/s1. The minimum atomic E-state index is -0.480. The van der Waals surface area contributed by atoms with Crippen LogP contribution in [-0.4, -0.2) is 45.3 Å². The first-order valence-corrected chi connectivity index (χ1v) is 11.6. The molecule has 4 saturated carbocycles. The van der Waals surface area contributed by atoms with Crippen LogP contribution in [0.4, 0.5) is 0 Å². The van der Waals surface area contributed by atoms with Crippen molar-refractivity contribution in [2.75, 3.05) is 12.3 Å². The molecule has 1 atom stereocenters. The molecule has 152 valence electrons. The number of nitrogens with zero attached hydrogens (tertiary/aromatic N) is 3. The Morgan fingerprint density at radius 2 is 1.79 bits per heavy atom. The Kier molecular flexibility index (Phi) is 4.64. The van der Waals surface area contributed by atoms with E-state index in [2.05, 4.69) is 10.2 Å². The van der Waals surface area contributed by atoms with Crippen LogP contribution in [0.1, 0.15) is 63.7 Å². The van der Waals surface area contributed by atoms with E-state index in [1.165, 1.54) is 50.3 Å². The van der Waals surface area contributed by atoms with Gasteiger partial charge in [-0.25, -0.2) is 0 Å². The highest BCUT2D eigenvalue weighted by Gasteiger charge is 2.54. The maximum atomic E-state index is 12.6. The van der Waals surface area contributed by atoms with Crippen molar-refractivity contribution in [1.82, 2.24) is 15.1 Å². The molecule has 8 heteroatoms. The number of thioether (sulfide) groups is 1. The predicted molar refractivity (Wildman–Crippen MR) is 103 cm³/mol. The van der Waals surface area contributed by atoms with Gasteiger partial charge in [0.2, 0.25) is 17.7 Å². The normalized spacial score (nSPS) is 36.6. The molecule has 7 nitrogen and oxygen atoms in total. The average molecular weight is 405 g/mol. The van der Waals surface area contributed by atoms with Gasteiger partial charge in [-0.15, -0.1) is 10.2 Å². The Balaban J connectivity index is 1.24. The minimum Gasteiger partial charge on any atom is -0.415 e. The van der Waals surface area contributed by atoms with E-state index in [4.69, 9.17) is 10.2 Å². The van der Waals surface area contributed by atoms with Crippen molar-refractivity contribution in [1.29, 1.82) is 0 Å². The number of primary amides is 1. The second-order valence-electron chi connectivity index (χ2n) is 9.36. The van der Waals surface area contributed by atoms with Crippen LogP contribution in [0.15, 0.2) is 9.64 Å². The maximum absolute atomic E-state index is 12.6. The number of likely N-dealkylation sites (tertiary alicyclic amines) is 1. The molecule has 5 fully saturated rings. The lowest BCUT2D eigenvalue weighted by atomic mass is 9.49. The van der Waals surface area contributed by atoms with E-state index in [-0.39, 0.29) is 17.1 Å². The fourth-order valence-electron chi connectivity index (χ4n) is 6.59.